The molecule has 0 unspecified atom stereocenters. The average Bonchev–Trinajstić information content (AvgIpc) is 2.58. The summed E-state index contributed by atoms with van der Waals surface area (Å²) in [7, 11) is 4.18. The molecule has 1 aliphatic rings. The minimum absolute atomic E-state index is 0.879. The standard InChI is InChI=1S/C20H23N3/c1-5-15(2)17-11-7-8-12-18(17)21-20-22(3)14-16-10-6-9-13-19(16)23(20)4/h5-13H,14H2,1-4H3/b15-5-,21-20?. The average molecular weight is 305 g/mol. The van der Waals surface area contributed by atoms with Gasteiger partial charge in [0.05, 0.1) is 5.69 Å². The minimum Gasteiger partial charge on any atom is -0.341 e. The van der Waals surface area contributed by atoms with Crippen molar-refractivity contribution in [2.75, 3.05) is 19.0 Å². The Kier molecular flexibility index (Phi) is 4.20. The molecule has 2 aromatic rings. The van der Waals surface area contributed by atoms with Gasteiger partial charge in [0.25, 0.3) is 0 Å². The maximum atomic E-state index is 4.98. The summed E-state index contributed by atoms with van der Waals surface area (Å²) in [4.78, 5) is 9.34. The van der Waals surface area contributed by atoms with E-state index in [1.54, 1.807) is 0 Å². The number of nitrogens with zero attached hydrogens (tertiary/aromatic N) is 3. The fourth-order valence-corrected chi connectivity index (χ4v) is 2.99. The third-order valence-corrected chi connectivity index (χ3v) is 4.38. The maximum Gasteiger partial charge on any atom is 0.206 e. The van der Waals surface area contributed by atoms with Crippen LogP contribution in [0.1, 0.15) is 25.0 Å². The molecule has 0 fully saturated rings. The quantitative estimate of drug-likeness (QED) is 0.802. The van der Waals surface area contributed by atoms with Gasteiger partial charge in [-0.15, -0.1) is 0 Å². The summed E-state index contributed by atoms with van der Waals surface area (Å²) >= 11 is 0. The lowest BCUT2D eigenvalue weighted by Gasteiger charge is -2.36. The van der Waals surface area contributed by atoms with Crippen LogP contribution in [0.4, 0.5) is 11.4 Å². The van der Waals surface area contributed by atoms with E-state index >= 15 is 0 Å². The molecule has 0 radical (unpaired) electrons. The number of guanidine groups is 1. The second kappa shape index (κ2) is 6.29. The van der Waals surface area contributed by atoms with E-state index in [-0.39, 0.29) is 0 Å². The van der Waals surface area contributed by atoms with E-state index in [1.807, 2.05) is 6.07 Å². The molecule has 0 saturated heterocycles. The molecular weight excluding hydrogens is 282 g/mol. The van der Waals surface area contributed by atoms with Gasteiger partial charge in [-0.3, -0.25) is 0 Å². The fraction of sp³-hybridized carbons (Fsp3) is 0.250. The molecule has 0 N–H and O–H groups in total. The highest BCUT2D eigenvalue weighted by atomic mass is 15.4. The summed E-state index contributed by atoms with van der Waals surface area (Å²) in [6.45, 7) is 5.07. The molecule has 0 aliphatic carbocycles. The van der Waals surface area contributed by atoms with E-state index in [1.165, 1.54) is 22.4 Å². The predicted octanol–water partition coefficient (Wildman–Crippen LogP) is 4.68. The number of benzene rings is 2. The van der Waals surface area contributed by atoms with Crippen LogP contribution < -0.4 is 4.90 Å². The third kappa shape index (κ3) is 2.87. The fourth-order valence-electron chi connectivity index (χ4n) is 2.99. The van der Waals surface area contributed by atoms with Gasteiger partial charge in [0.2, 0.25) is 5.96 Å². The molecule has 1 aliphatic heterocycles. The van der Waals surface area contributed by atoms with Gasteiger partial charge in [0.15, 0.2) is 0 Å². The van der Waals surface area contributed by atoms with E-state index in [4.69, 9.17) is 4.99 Å². The van der Waals surface area contributed by atoms with Gasteiger partial charge in [-0.2, -0.15) is 0 Å². The van der Waals surface area contributed by atoms with Crippen molar-refractivity contribution < 1.29 is 0 Å². The van der Waals surface area contributed by atoms with Crippen molar-refractivity contribution in [2.45, 2.75) is 20.4 Å². The van der Waals surface area contributed by atoms with Crippen LogP contribution in [0.15, 0.2) is 59.6 Å². The van der Waals surface area contributed by atoms with Gasteiger partial charge in [0, 0.05) is 31.9 Å². The van der Waals surface area contributed by atoms with E-state index < -0.39 is 0 Å². The normalized spacial score (nSPS) is 16.7. The van der Waals surface area contributed by atoms with Gasteiger partial charge < -0.3 is 9.80 Å². The number of allylic oxidation sites excluding steroid dienone is 2. The van der Waals surface area contributed by atoms with Crippen LogP contribution in [-0.2, 0) is 6.54 Å². The lowest BCUT2D eigenvalue weighted by molar-refractivity contribution is 0.480. The Morgan fingerprint density at radius 1 is 1.04 bits per heavy atom. The molecule has 0 amide bonds. The van der Waals surface area contributed by atoms with E-state index in [0.717, 1.165) is 18.2 Å². The lowest BCUT2D eigenvalue weighted by Crippen LogP contribution is -2.44. The van der Waals surface area contributed by atoms with Crippen LogP contribution in [0.3, 0.4) is 0 Å². The van der Waals surface area contributed by atoms with Crippen LogP contribution in [0.25, 0.3) is 5.57 Å². The van der Waals surface area contributed by atoms with Crippen molar-refractivity contribution in [1.82, 2.24) is 4.90 Å². The second-order valence-electron chi connectivity index (χ2n) is 5.94. The Morgan fingerprint density at radius 3 is 2.52 bits per heavy atom. The van der Waals surface area contributed by atoms with Crippen LogP contribution in [0.5, 0.6) is 0 Å². The molecule has 0 bridgehead atoms. The van der Waals surface area contributed by atoms with Gasteiger partial charge >= 0.3 is 0 Å². The molecule has 3 rings (SSSR count). The highest BCUT2D eigenvalue weighted by Crippen LogP contribution is 2.30. The first-order valence-electron chi connectivity index (χ1n) is 7.95. The number of rotatable bonds is 2. The second-order valence-corrected chi connectivity index (χ2v) is 5.94. The van der Waals surface area contributed by atoms with Crippen molar-refractivity contribution in [1.29, 1.82) is 0 Å². The molecule has 0 spiro atoms. The maximum absolute atomic E-state index is 4.98. The predicted molar refractivity (Wildman–Crippen MR) is 99.2 cm³/mol. The van der Waals surface area contributed by atoms with Gasteiger partial charge in [-0.05, 0) is 37.1 Å². The number of aliphatic imine (C=N–C) groups is 1. The van der Waals surface area contributed by atoms with Gasteiger partial charge in [-0.1, -0.05) is 42.5 Å². The zero-order valence-electron chi connectivity index (χ0n) is 14.2. The number of para-hydroxylation sites is 2. The molecule has 0 atom stereocenters. The van der Waals surface area contributed by atoms with E-state index in [0.29, 0.717) is 0 Å². The van der Waals surface area contributed by atoms with Crippen LogP contribution in [-0.4, -0.2) is 25.0 Å². The SMILES string of the molecule is C/C=C(/C)c1ccccc1N=C1N(C)Cc2ccccc2N1C. The number of fused-ring (bicyclic) bond motifs is 1. The van der Waals surface area contributed by atoms with Gasteiger partial charge in [0.1, 0.15) is 0 Å². The Morgan fingerprint density at radius 2 is 1.74 bits per heavy atom. The first-order valence-corrected chi connectivity index (χ1v) is 7.95. The third-order valence-electron chi connectivity index (χ3n) is 4.38. The number of hydrogen-bond acceptors (Lipinski definition) is 1. The Balaban J connectivity index is 2.07. The summed E-state index contributed by atoms with van der Waals surface area (Å²) < 4.78 is 0. The van der Waals surface area contributed by atoms with Crippen LogP contribution in [0.2, 0.25) is 0 Å². The number of anilines is 1. The van der Waals surface area contributed by atoms with Gasteiger partial charge in [-0.25, -0.2) is 4.99 Å². The molecule has 118 valence electrons. The highest BCUT2D eigenvalue weighted by Gasteiger charge is 2.23. The van der Waals surface area contributed by atoms with E-state index in [9.17, 15) is 0 Å². The summed E-state index contributed by atoms with van der Waals surface area (Å²) in [5, 5.41) is 0. The van der Waals surface area contributed by atoms with Crippen LogP contribution >= 0.6 is 0 Å². The zero-order chi connectivity index (χ0) is 16.4. The summed E-state index contributed by atoms with van der Waals surface area (Å²) in [6.07, 6.45) is 2.13. The van der Waals surface area contributed by atoms with Crippen molar-refractivity contribution >= 4 is 22.9 Å². The summed E-state index contributed by atoms with van der Waals surface area (Å²) in [5.74, 6) is 0.972. The van der Waals surface area contributed by atoms with Crippen molar-refractivity contribution in [3.8, 4) is 0 Å². The van der Waals surface area contributed by atoms with Crippen LogP contribution in [0, 0.1) is 0 Å². The Labute approximate surface area is 138 Å². The first kappa shape index (κ1) is 15.3. The molecule has 3 heteroatoms. The number of hydrogen-bond donors (Lipinski definition) is 0. The summed E-state index contributed by atoms with van der Waals surface area (Å²) in [5.41, 5.74) is 5.99. The topological polar surface area (TPSA) is 18.8 Å². The zero-order valence-corrected chi connectivity index (χ0v) is 14.2. The van der Waals surface area contributed by atoms with Crippen molar-refractivity contribution in [3.63, 3.8) is 0 Å². The lowest BCUT2D eigenvalue weighted by atomic mass is 10.1. The van der Waals surface area contributed by atoms with Crippen molar-refractivity contribution in [2.24, 2.45) is 4.99 Å². The molecular formula is C20H23N3. The first-order chi connectivity index (χ1) is 11.1. The molecule has 3 nitrogen and oxygen atoms in total. The monoisotopic (exact) mass is 305 g/mol. The molecule has 23 heavy (non-hydrogen) atoms. The highest BCUT2D eigenvalue weighted by molar-refractivity contribution is 6.00. The van der Waals surface area contributed by atoms with Crippen molar-refractivity contribution in [3.05, 3.63) is 65.7 Å². The molecule has 2 aromatic carbocycles. The Bertz CT molecular complexity index is 774. The van der Waals surface area contributed by atoms with E-state index in [2.05, 4.69) is 86.3 Å². The smallest absolute Gasteiger partial charge is 0.206 e. The molecule has 0 aromatic heterocycles. The molecule has 1 heterocycles. The Hall–Kier alpha value is -2.55. The summed E-state index contributed by atoms with van der Waals surface area (Å²) in [6, 6.07) is 16.8. The molecule has 0 saturated carbocycles. The largest absolute Gasteiger partial charge is 0.341 e. The minimum atomic E-state index is 0.879.